The van der Waals surface area contributed by atoms with Gasteiger partial charge in [-0.1, -0.05) is 6.07 Å². The summed E-state index contributed by atoms with van der Waals surface area (Å²) in [5.74, 6) is 1.06. The average molecular weight is 229 g/mol. The molecule has 0 amide bonds. The standard InChI is InChI=1S/C11H13F2NS/c12-9-2-1-3-10(13)8(9)4-7-5-15-6-11(7)14/h1-3,7,11H,4-6,14H2. The monoisotopic (exact) mass is 229 g/mol. The van der Waals surface area contributed by atoms with Crippen LogP contribution in [-0.4, -0.2) is 17.5 Å². The Morgan fingerprint density at radius 2 is 1.93 bits per heavy atom. The zero-order chi connectivity index (χ0) is 10.8. The molecule has 1 aliphatic heterocycles. The van der Waals surface area contributed by atoms with Crippen LogP contribution in [0, 0.1) is 17.6 Å². The van der Waals surface area contributed by atoms with Crippen molar-refractivity contribution in [1.82, 2.24) is 0 Å². The number of rotatable bonds is 2. The molecule has 1 aromatic rings. The Morgan fingerprint density at radius 1 is 1.27 bits per heavy atom. The quantitative estimate of drug-likeness (QED) is 0.841. The van der Waals surface area contributed by atoms with Gasteiger partial charge in [0.25, 0.3) is 0 Å². The van der Waals surface area contributed by atoms with E-state index in [1.807, 2.05) is 0 Å². The van der Waals surface area contributed by atoms with Crippen LogP contribution in [0.4, 0.5) is 8.78 Å². The predicted octanol–water partition coefficient (Wildman–Crippen LogP) is 2.20. The van der Waals surface area contributed by atoms with Crippen molar-refractivity contribution in [2.24, 2.45) is 11.7 Å². The van der Waals surface area contributed by atoms with Gasteiger partial charge in [0.05, 0.1) is 0 Å². The molecule has 1 aliphatic rings. The van der Waals surface area contributed by atoms with Gasteiger partial charge in [0.2, 0.25) is 0 Å². The van der Waals surface area contributed by atoms with Crippen molar-refractivity contribution < 1.29 is 8.78 Å². The summed E-state index contributed by atoms with van der Waals surface area (Å²) in [5.41, 5.74) is 6.04. The van der Waals surface area contributed by atoms with Gasteiger partial charge in [0.15, 0.2) is 0 Å². The van der Waals surface area contributed by atoms with Crippen molar-refractivity contribution in [2.75, 3.05) is 11.5 Å². The summed E-state index contributed by atoms with van der Waals surface area (Å²) in [4.78, 5) is 0. The molecule has 2 unspecified atom stereocenters. The largest absolute Gasteiger partial charge is 0.327 e. The van der Waals surface area contributed by atoms with E-state index in [1.165, 1.54) is 18.2 Å². The first-order valence-electron chi connectivity index (χ1n) is 4.94. The summed E-state index contributed by atoms with van der Waals surface area (Å²) in [6, 6.07) is 4.05. The average Bonchev–Trinajstić information content (AvgIpc) is 2.58. The van der Waals surface area contributed by atoms with E-state index in [1.54, 1.807) is 11.8 Å². The highest BCUT2D eigenvalue weighted by Gasteiger charge is 2.26. The summed E-state index contributed by atoms with van der Waals surface area (Å²) in [6.45, 7) is 0. The molecule has 0 aliphatic carbocycles. The fourth-order valence-corrected chi connectivity index (χ4v) is 3.16. The van der Waals surface area contributed by atoms with E-state index in [9.17, 15) is 8.78 Å². The highest BCUT2D eigenvalue weighted by molar-refractivity contribution is 7.99. The molecule has 0 aromatic heterocycles. The van der Waals surface area contributed by atoms with Crippen LogP contribution in [0.5, 0.6) is 0 Å². The van der Waals surface area contributed by atoms with Gasteiger partial charge in [-0.25, -0.2) is 8.78 Å². The minimum absolute atomic E-state index is 0.0639. The van der Waals surface area contributed by atoms with Crippen LogP contribution in [0.15, 0.2) is 18.2 Å². The molecule has 4 heteroatoms. The maximum Gasteiger partial charge on any atom is 0.129 e. The first kappa shape index (κ1) is 10.9. The van der Waals surface area contributed by atoms with Crippen LogP contribution in [0.3, 0.4) is 0 Å². The lowest BCUT2D eigenvalue weighted by molar-refractivity contribution is 0.476. The molecule has 0 bridgehead atoms. The molecule has 1 fully saturated rings. The molecule has 15 heavy (non-hydrogen) atoms. The molecular weight excluding hydrogens is 216 g/mol. The second-order valence-electron chi connectivity index (χ2n) is 3.87. The molecule has 1 aromatic carbocycles. The molecule has 1 saturated heterocycles. The number of halogens is 2. The zero-order valence-corrected chi connectivity index (χ0v) is 9.07. The molecule has 1 heterocycles. The minimum Gasteiger partial charge on any atom is -0.327 e. The molecule has 2 N–H and O–H groups in total. The van der Waals surface area contributed by atoms with Gasteiger partial charge in [0.1, 0.15) is 11.6 Å². The first-order valence-corrected chi connectivity index (χ1v) is 6.10. The van der Waals surface area contributed by atoms with E-state index < -0.39 is 11.6 Å². The molecule has 2 rings (SSSR count). The third-order valence-electron chi connectivity index (χ3n) is 2.78. The predicted molar refractivity (Wildman–Crippen MR) is 58.9 cm³/mol. The lowest BCUT2D eigenvalue weighted by Gasteiger charge is -2.14. The fourth-order valence-electron chi connectivity index (χ4n) is 1.82. The maximum absolute atomic E-state index is 13.3. The van der Waals surface area contributed by atoms with Crippen molar-refractivity contribution in [1.29, 1.82) is 0 Å². The molecular formula is C11H13F2NS. The van der Waals surface area contributed by atoms with Gasteiger partial charge in [-0.3, -0.25) is 0 Å². The molecule has 82 valence electrons. The second-order valence-corrected chi connectivity index (χ2v) is 4.94. The smallest absolute Gasteiger partial charge is 0.129 e. The molecule has 0 spiro atoms. The Kier molecular flexibility index (Phi) is 3.26. The summed E-state index contributed by atoms with van der Waals surface area (Å²) >= 11 is 1.75. The van der Waals surface area contributed by atoms with Gasteiger partial charge < -0.3 is 5.73 Å². The van der Waals surface area contributed by atoms with Crippen LogP contribution in [0.1, 0.15) is 5.56 Å². The van der Waals surface area contributed by atoms with Crippen molar-refractivity contribution in [2.45, 2.75) is 12.5 Å². The first-order chi connectivity index (χ1) is 7.18. The summed E-state index contributed by atoms with van der Waals surface area (Å²) in [6.07, 6.45) is 0.409. The Bertz CT molecular complexity index is 336. The van der Waals surface area contributed by atoms with Crippen molar-refractivity contribution in [3.05, 3.63) is 35.4 Å². The number of hydrogen-bond acceptors (Lipinski definition) is 2. The van der Waals surface area contributed by atoms with Gasteiger partial charge in [-0.2, -0.15) is 11.8 Å². The molecule has 0 radical (unpaired) electrons. The van der Waals surface area contributed by atoms with Crippen LogP contribution in [0.25, 0.3) is 0 Å². The van der Waals surface area contributed by atoms with Gasteiger partial charge in [-0.15, -0.1) is 0 Å². The molecule has 0 saturated carbocycles. The Labute approximate surface area is 92.0 Å². The maximum atomic E-state index is 13.3. The topological polar surface area (TPSA) is 26.0 Å². The zero-order valence-electron chi connectivity index (χ0n) is 8.25. The number of nitrogens with two attached hydrogens (primary N) is 1. The fraction of sp³-hybridized carbons (Fsp3) is 0.455. The Balaban J connectivity index is 2.16. The minimum atomic E-state index is -0.459. The van der Waals surface area contributed by atoms with Crippen molar-refractivity contribution in [3.8, 4) is 0 Å². The SMILES string of the molecule is NC1CSCC1Cc1c(F)cccc1F. The van der Waals surface area contributed by atoms with Crippen molar-refractivity contribution in [3.63, 3.8) is 0 Å². The summed E-state index contributed by atoms with van der Waals surface area (Å²) < 4.78 is 26.7. The van der Waals surface area contributed by atoms with E-state index in [0.717, 1.165) is 11.5 Å². The van der Waals surface area contributed by atoms with Crippen LogP contribution in [-0.2, 0) is 6.42 Å². The lowest BCUT2D eigenvalue weighted by atomic mass is 9.95. The Morgan fingerprint density at radius 3 is 2.47 bits per heavy atom. The van der Waals surface area contributed by atoms with Gasteiger partial charge in [-0.05, 0) is 30.2 Å². The van der Waals surface area contributed by atoms with Crippen molar-refractivity contribution >= 4 is 11.8 Å². The van der Waals surface area contributed by atoms with E-state index >= 15 is 0 Å². The number of benzene rings is 1. The third-order valence-corrected chi connectivity index (χ3v) is 4.06. The van der Waals surface area contributed by atoms with Crippen LogP contribution < -0.4 is 5.73 Å². The highest BCUT2D eigenvalue weighted by Crippen LogP contribution is 2.27. The van der Waals surface area contributed by atoms with E-state index in [2.05, 4.69) is 0 Å². The number of thioether (sulfide) groups is 1. The highest BCUT2D eigenvalue weighted by atomic mass is 32.2. The summed E-state index contributed by atoms with van der Waals surface area (Å²) in [7, 11) is 0. The normalized spacial score (nSPS) is 25.8. The number of hydrogen-bond donors (Lipinski definition) is 1. The van der Waals surface area contributed by atoms with E-state index in [-0.39, 0.29) is 17.5 Å². The molecule has 1 nitrogen and oxygen atoms in total. The van der Waals surface area contributed by atoms with Gasteiger partial charge in [0, 0.05) is 17.4 Å². The van der Waals surface area contributed by atoms with Crippen LogP contribution >= 0.6 is 11.8 Å². The second kappa shape index (κ2) is 4.49. The molecule has 2 atom stereocenters. The lowest BCUT2D eigenvalue weighted by Crippen LogP contribution is -2.30. The van der Waals surface area contributed by atoms with E-state index in [0.29, 0.717) is 6.42 Å². The van der Waals surface area contributed by atoms with E-state index in [4.69, 9.17) is 5.73 Å². The van der Waals surface area contributed by atoms with Crippen LogP contribution in [0.2, 0.25) is 0 Å². The third kappa shape index (κ3) is 2.32. The summed E-state index contributed by atoms with van der Waals surface area (Å²) in [5, 5.41) is 0. The Hall–Kier alpha value is -0.610. The van der Waals surface area contributed by atoms with Gasteiger partial charge >= 0.3 is 0 Å².